The molecule has 30 heavy (non-hydrogen) atoms. The highest BCUT2D eigenvalue weighted by Gasteiger charge is 2.53. The Hall–Kier alpha value is -2.18. The van der Waals surface area contributed by atoms with Crippen molar-refractivity contribution in [1.29, 1.82) is 0 Å². The van der Waals surface area contributed by atoms with Crippen molar-refractivity contribution in [2.45, 2.75) is 57.9 Å². The number of ether oxygens (including phenoxy) is 1. The first-order valence-electron chi connectivity index (χ1n) is 10.4. The number of nitrogens with zero attached hydrogens (tertiary/aromatic N) is 1. The minimum atomic E-state index is -3.69. The molecule has 1 saturated heterocycles. The highest BCUT2D eigenvalue weighted by atomic mass is 32.2. The van der Waals surface area contributed by atoms with E-state index in [1.807, 2.05) is 19.1 Å². The summed E-state index contributed by atoms with van der Waals surface area (Å²) in [4.78, 5) is 12.7. The Morgan fingerprint density at radius 2 is 1.77 bits per heavy atom. The third-order valence-electron chi connectivity index (χ3n) is 6.27. The van der Waals surface area contributed by atoms with Crippen LogP contribution in [0, 0.1) is 17.8 Å². The van der Waals surface area contributed by atoms with E-state index in [-0.39, 0.29) is 27.3 Å². The van der Waals surface area contributed by atoms with Gasteiger partial charge >= 0.3 is 5.97 Å². The van der Waals surface area contributed by atoms with Gasteiger partial charge in [-0.2, -0.15) is 4.31 Å². The summed E-state index contributed by atoms with van der Waals surface area (Å²) in [5, 5.41) is 0. The summed E-state index contributed by atoms with van der Waals surface area (Å²) in [5.41, 5.74) is 1.42. The van der Waals surface area contributed by atoms with E-state index in [1.165, 1.54) is 6.07 Å². The molecule has 2 aliphatic rings. The first-order chi connectivity index (χ1) is 14.0. The van der Waals surface area contributed by atoms with E-state index >= 15 is 0 Å². The molecular formula is C24H29NO4S. The number of carbonyl (C=O) groups excluding carboxylic acids is 1. The van der Waals surface area contributed by atoms with Crippen LogP contribution in [0.2, 0.25) is 0 Å². The van der Waals surface area contributed by atoms with Gasteiger partial charge in [-0.25, -0.2) is 13.2 Å². The van der Waals surface area contributed by atoms with Crippen molar-refractivity contribution in [3.63, 3.8) is 0 Å². The van der Waals surface area contributed by atoms with E-state index in [9.17, 15) is 13.2 Å². The van der Waals surface area contributed by atoms with E-state index in [1.54, 1.807) is 34.6 Å². The standard InChI is InChI=1S/C24H29NO4S/c1-17-8-10-20(11-9-17)29-22(26)18-6-5-7-21(12-18)30(27,28)25-16-24(4)14-19(25)13-23(2,3)15-24/h5-12,19H,13-16H2,1-4H3/t19-,24-/m0/s1. The van der Waals surface area contributed by atoms with Gasteiger partial charge in [-0.1, -0.05) is 44.5 Å². The van der Waals surface area contributed by atoms with Gasteiger partial charge in [0.2, 0.25) is 10.0 Å². The summed E-state index contributed by atoms with van der Waals surface area (Å²) in [5.74, 6) is -0.133. The number of hydrogen-bond acceptors (Lipinski definition) is 4. The van der Waals surface area contributed by atoms with Gasteiger partial charge in [0.05, 0.1) is 10.5 Å². The number of aryl methyl sites for hydroxylation is 1. The zero-order valence-electron chi connectivity index (χ0n) is 18.0. The van der Waals surface area contributed by atoms with Gasteiger partial charge in [0.25, 0.3) is 0 Å². The fourth-order valence-electron chi connectivity index (χ4n) is 5.38. The molecule has 2 fully saturated rings. The van der Waals surface area contributed by atoms with Gasteiger partial charge in [0.1, 0.15) is 5.75 Å². The number of fused-ring (bicyclic) bond motifs is 2. The summed E-state index contributed by atoms with van der Waals surface area (Å²) < 4.78 is 34.0. The van der Waals surface area contributed by atoms with Crippen LogP contribution in [0.1, 0.15) is 56.0 Å². The molecule has 4 rings (SSSR count). The van der Waals surface area contributed by atoms with Crippen molar-refractivity contribution in [2.75, 3.05) is 6.54 Å². The molecule has 2 bridgehead atoms. The lowest BCUT2D eigenvalue weighted by Gasteiger charge is -2.39. The minimum absolute atomic E-state index is 0.00146. The fourth-order valence-corrected chi connectivity index (χ4v) is 7.20. The molecule has 2 atom stereocenters. The topological polar surface area (TPSA) is 63.7 Å². The fraction of sp³-hybridized carbons (Fsp3) is 0.458. The number of sulfonamides is 1. The number of hydrogen-bond donors (Lipinski definition) is 0. The average Bonchev–Trinajstić information content (AvgIpc) is 2.93. The van der Waals surface area contributed by atoms with E-state index in [4.69, 9.17) is 4.74 Å². The third-order valence-corrected chi connectivity index (χ3v) is 8.17. The van der Waals surface area contributed by atoms with Crippen LogP contribution >= 0.6 is 0 Å². The van der Waals surface area contributed by atoms with Crippen LogP contribution < -0.4 is 4.74 Å². The van der Waals surface area contributed by atoms with Crippen LogP contribution in [-0.4, -0.2) is 31.3 Å². The third kappa shape index (κ3) is 4.03. The molecule has 1 aliphatic heterocycles. The second kappa shape index (κ2) is 7.20. The van der Waals surface area contributed by atoms with Crippen LogP contribution in [0.25, 0.3) is 0 Å². The lowest BCUT2D eigenvalue weighted by atomic mass is 9.65. The van der Waals surface area contributed by atoms with Crippen molar-refractivity contribution < 1.29 is 17.9 Å². The molecule has 6 heteroatoms. The zero-order valence-corrected chi connectivity index (χ0v) is 18.8. The minimum Gasteiger partial charge on any atom is -0.423 e. The van der Waals surface area contributed by atoms with Gasteiger partial charge < -0.3 is 4.74 Å². The second-order valence-electron chi connectivity index (χ2n) is 9.99. The van der Waals surface area contributed by atoms with Crippen molar-refractivity contribution in [1.82, 2.24) is 4.31 Å². The Balaban J connectivity index is 1.58. The molecule has 1 aliphatic carbocycles. The molecule has 0 aromatic heterocycles. The Labute approximate surface area is 179 Å². The SMILES string of the molecule is Cc1ccc(OC(=O)c2cccc(S(=O)(=O)N3C[C@@]4(C)C[C@@H]3CC(C)(C)C4)c2)cc1. The Morgan fingerprint density at radius 3 is 2.47 bits per heavy atom. The first-order valence-corrected chi connectivity index (χ1v) is 11.8. The number of rotatable bonds is 4. The number of esters is 1. The molecule has 0 amide bonds. The highest BCUT2D eigenvalue weighted by Crippen LogP contribution is 2.53. The predicted octanol–water partition coefficient (Wildman–Crippen LogP) is 4.80. The molecule has 0 N–H and O–H groups in total. The molecule has 1 saturated carbocycles. The molecule has 1 heterocycles. The van der Waals surface area contributed by atoms with Crippen LogP contribution in [0.4, 0.5) is 0 Å². The zero-order chi connectivity index (χ0) is 21.7. The largest absolute Gasteiger partial charge is 0.423 e. The smallest absolute Gasteiger partial charge is 0.343 e. The van der Waals surface area contributed by atoms with E-state index in [0.717, 1.165) is 24.8 Å². The lowest BCUT2D eigenvalue weighted by molar-refractivity contribution is 0.0734. The van der Waals surface area contributed by atoms with Crippen molar-refractivity contribution in [3.8, 4) is 5.75 Å². The first kappa shape index (κ1) is 21.1. The summed E-state index contributed by atoms with van der Waals surface area (Å²) in [6.45, 7) is 9.10. The molecule has 0 radical (unpaired) electrons. The Kier molecular flexibility index (Phi) is 5.06. The van der Waals surface area contributed by atoms with Gasteiger partial charge in [-0.05, 0) is 67.3 Å². The maximum atomic E-state index is 13.5. The maximum Gasteiger partial charge on any atom is 0.343 e. The molecular weight excluding hydrogens is 398 g/mol. The van der Waals surface area contributed by atoms with Crippen molar-refractivity contribution >= 4 is 16.0 Å². The van der Waals surface area contributed by atoms with Gasteiger partial charge in [-0.15, -0.1) is 0 Å². The van der Waals surface area contributed by atoms with Gasteiger partial charge in [-0.3, -0.25) is 0 Å². The van der Waals surface area contributed by atoms with Crippen LogP contribution in [-0.2, 0) is 10.0 Å². The van der Waals surface area contributed by atoms with Crippen LogP contribution in [0.5, 0.6) is 5.75 Å². The molecule has 2 aromatic carbocycles. The van der Waals surface area contributed by atoms with Crippen LogP contribution in [0.3, 0.4) is 0 Å². The normalized spacial score (nSPS) is 25.8. The van der Waals surface area contributed by atoms with Gasteiger partial charge in [0.15, 0.2) is 0 Å². The maximum absolute atomic E-state index is 13.5. The van der Waals surface area contributed by atoms with Gasteiger partial charge in [0, 0.05) is 12.6 Å². The Bertz CT molecular complexity index is 1070. The lowest BCUT2D eigenvalue weighted by Crippen LogP contribution is -2.37. The quantitative estimate of drug-likeness (QED) is 0.519. The monoisotopic (exact) mass is 427 g/mol. The van der Waals surface area contributed by atoms with E-state index in [0.29, 0.717) is 12.3 Å². The average molecular weight is 428 g/mol. The molecule has 0 spiro atoms. The molecule has 2 aromatic rings. The Morgan fingerprint density at radius 1 is 1.07 bits per heavy atom. The predicted molar refractivity (Wildman–Crippen MR) is 116 cm³/mol. The van der Waals surface area contributed by atoms with Crippen molar-refractivity contribution in [2.24, 2.45) is 10.8 Å². The molecule has 5 nitrogen and oxygen atoms in total. The number of carbonyl (C=O) groups is 1. The van der Waals surface area contributed by atoms with Crippen molar-refractivity contribution in [3.05, 3.63) is 59.7 Å². The summed E-state index contributed by atoms with van der Waals surface area (Å²) in [6, 6.07) is 13.4. The highest BCUT2D eigenvalue weighted by molar-refractivity contribution is 7.89. The van der Waals surface area contributed by atoms with Crippen LogP contribution in [0.15, 0.2) is 53.4 Å². The summed E-state index contributed by atoms with van der Waals surface area (Å²) >= 11 is 0. The van der Waals surface area contributed by atoms with E-state index in [2.05, 4.69) is 20.8 Å². The number of benzene rings is 2. The van der Waals surface area contributed by atoms with E-state index < -0.39 is 16.0 Å². The molecule has 0 unspecified atom stereocenters. The summed E-state index contributed by atoms with van der Waals surface area (Å²) in [6.07, 6.45) is 2.77. The second-order valence-corrected chi connectivity index (χ2v) is 11.9. The molecule has 160 valence electrons. The summed E-state index contributed by atoms with van der Waals surface area (Å²) in [7, 11) is -3.69.